The quantitative estimate of drug-likeness (QED) is 0.820. The number of H-pyrrole nitrogens is 1. The van der Waals surface area contributed by atoms with E-state index in [2.05, 4.69) is 9.97 Å². The van der Waals surface area contributed by atoms with Gasteiger partial charge in [0.15, 0.2) is 10.9 Å². The summed E-state index contributed by atoms with van der Waals surface area (Å²) in [5, 5.41) is -0.225. The fraction of sp³-hybridized carbons (Fsp3) is 0. The number of carbonyl (C=O) groups is 1. The van der Waals surface area contributed by atoms with Crippen LogP contribution in [0.1, 0.15) is 10.6 Å². The van der Waals surface area contributed by atoms with Gasteiger partial charge in [0, 0.05) is 6.20 Å². The van der Waals surface area contributed by atoms with Crippen LogP contribution in [0.3, 0.4) is 0 Å². The molecule has 6 nitrogen and oxygen atoms in total. The van der Waals surface area contributed by atoms with E-state index in [1.165, 1.54) is 12.1 Å². The standard InChI is InChI=1S/C10H9N3O3S/c11-9(14)10-12-6-8(13-10)17(15,16)7-4-2-1-3-5-7/h1-6H,(H2,11,14)(H,12,13). The molecule has 3 N–H and O–H groups in total. The van der Waals surface area contributed by atoms with Crippen molar-refractivity contribution in [2.24, 2.45) is 5.73 Å². The molecule has 88 valence electrons. The van der Waals surface area contributed by atoms with Crippen LogP contribution in [0.4, 0.5) is 0 Å². The van der Waals surface area contributed by atoms with Gasteiger partial charge in [-0.2, -0.15) is 0 Å². The Morgan fingerprint density at radius 1 is 1.24 bits per heavy atom. The Bertz CT molecular complexity index is 646. The predicted octanol–water partition coefficient (Wildman–Crippen LogP) is 0.341. The van der Waals surface area contributed by atoms with E-state index in [9.17, 15) is 13.2 Å². The molecular weight excluding hydrogens is 242 g/mol. The van der Waals surface area contributed by atoms with Gasteiger partial charge in [-0.05, 0) is 12.1 Å². The molecule has 0 fully saturated rings. The first-order valence-corrected chi connectivity index (χ1v) is 6.15. The van der Waals surface area contributed by atoms with Gasteiger partial charge in [0.2, 0.25) is 9.84 Å². The number of amides is 1. The Hall–Kier alpha value is -2.15. The van der Waals surface area contributed by atoms with E-state index in [4.69, 9.17) is 5.73 Å². The van der Waals surface area contributed by atoms with Crippen molar-refractivity contribution in [2.75, 3.05) is 0 Å². The van der Waals surface area contributed by atoms with Crippen molar-refractivity contribution in [2.45, 2.75) is 9.92 Å². The maximum Gasteiger partial charge on any atom is 0.284 e. The van der Waals surface area contributed by atoms with Crippen LogP contribution in [0.5, 0.6) is 0 Å². The second-order valence-corrected chi connectivity index (χ2v) is 5.16. The third-order valence-corrected chi connectivity index (χ3v) is 3.77. The van der Waals surface area contributed by atoms with Gasteiger partial charge in [-0.1, -0.05) is 18.2 Å². The zero-order chi connectivity index (χ0) is 12.5. The van der Waals surface area contributed by atoms with Crippen LogP contribution < -0.4 is 5.73 Å². The molecule has 0 saturated heterocycles. The largest absolute Gasteiger partial charge is 0.363 e. The van der Waals surface area contributed by atoms with Crippen molar-refractivity contribution < 1.29 is 13.2 Å². The van der Waals surface area contributed by atoms with Crippen LogP contribution in [0.15, 0.2) is 46.5 Å². The molecule has 0 radical (unpaired) electrons. The molecule has 1 aromatic carbocycles. The summed E-state index contributed by atoms with van der Waals surface area (Å²) < 4.78 is 24.1. The molecule has 1 heterocycles. The van der Waals surface area contributed by atoms with E-state index in [0.717, 1.165) is 6.20 Å². The van der Waals surface area contributed by atoms with Gasteiger partial charge in [0.1, 0.15) is 0 Å². The topological polar surface area (TPSA) is 106 Å². The third kappa shape index (κ3) is 2.04. The molecular formula is C10H9N3O3S. The van der Waals surface area contributed by atoms with Gasteiger partial charge in [0.25, 0.3) is 5.91 Å². The highest BCUT2D eigenvalue weighted by molar-refractivity contribution is 7.91. The molecule has 0 aliphatic carbocycles. The Morgan fingerprint density at radius 2 is 1.88 bits per heavy atom. The van der Waals surface area contributed by atoms with Crippen molar-refractivity contribution in [1.29, 1.82) is 0 Å². The number of hydrogen-bond donors (Lipinski definition) is 2. The Labute approximate surface area is 97.4 Å². The van der Waals surface area contributed by atoms with Crippen molar-refractivity contribution in [3.63, 3.8) is 0 Å². The lowest BCUT2D eigenvalue weighted by molar-refractivity contribution is 0.0991. The lowest BCUT2D eigenvalue weighted by Gasteiger charge is -1.99. The summed E-state index contributed by atoms with van der Waals surface area (Å²) in [7, 11) is -3.70. The number of aromatic nitrogens is 2. The minimum absolute atomic E-state index is 0.113. The predicted molar refractivity (Wildman–Crippen MR) is 59.0 cm³/mol. The molecule has 0 aliphatic heterocycles. The Balaban J connectivity index is 2.49. The normalized spacial score (nSPS) is 11.3. The summed E-state index contributed by atoms with van der Waals surface area (Å²) in [6, 6.07) is 7.82. The number of hydrogen-bond acceptors (Lipinski definition) is 4. The number of aromatic amines is 1. The highest BCUT2D eigenvalue weighted by Crippen LogP contribution is 2.18. The average molecular weight is 251 g/mol. The monoisotopic (exact) mass is 251 g/mol. The summed E-state index contributed by atoms with van der Waals surface area (Å²) in [6.45, 7) is 0. The maximum absolute atomic E-state index is 12.0. The van der Waals surface area contributed by atoms with Crippen molar-refractivity contribution in [1.82, 2.24) is 9.97 Å². The lowest BCUT2D eigenvalue weighted by Crippen LogP contribution is -2.13. The summed E-state index contributed by atoms with van der Waals surface area (Å²) in [6.07, 6.45) is 1.14. The Morgan fingerprint density at radius 3 is 2.41 bits per heavy atom. The maximum atomic E-state index is 12.0. The number of sulfone groups is 1. The van der Waals surface area contributed by atoms with E-state index < -0.39 is 15.7 Å². The number of nitrogens with two attached hydrogens (primary N) is 1. The second-order valence-electron chi connectivity index (χ2n) is 3.27. The number of benzene rings is 1. The highest BCUT2D eigenvalue weighted by atomic mass is 32.2. The summed E-state index contributed by atoms with van der Waals surface area (Å²) in [5.74, 6) is -0.987. The second kappa shape index (κ2) is 4.02. The van der Waals surface area contributed by atoms with Crippen molar-refractivity contribution >= 4 is 15.7 Å². The van der Waals surface area contributed by atoms with Crippen LogP contribution in [0.25, 0.3) is 0 Å². The highest BCUT2D eigenvalue weighted by Gasteiger charge is 2.21. The molecule has 0 saturated carbocycles. The van der Waals surface area contributed by atoms with Crippen LogP contribution >= 0.6 is 0 Å². The minimum atomic E-state index is -3.70. The number of imidazole rings is 1. The lowest BCUT2D eigenvalue weighted by atomic mass is 10.4. The molecule has 0 spiro atoms. The van der Waals surface area contributed by atoms with Gasteiger partial charge < -0.3 is 10.7 Å². The van der Waals surface area contributed by atoms with Crippen LogP contribution in [-0.4, -0.2) is 24.3 Å². The molecule has 1 amide bonds. The smallest absolute Gasteiger partial charge is 0.284 e. The number of rotatable bonds is 3. The molecule has 0 unspecified atom stereocenters. The fourth-order valence-corrected chi connectivity index (χ4v) is 2.47. The van der Waals surface area contributed by atoms with E-state index in [1.807, 2.05) is 0 Å². The van der Waals surface area contributed by atoms with Crippen LogP contribution in [-0.2, 0) is 9.84 Å². The van der Waals surface area contributed by atoms with Gasteiger partial charge >= 0.3 is 0 Å². The molecule has 2 rings (SSSR count). The Kier molecular flexibility index (Phi) is 2.68. The zero-order valence-corrected chi connectivity index (χ0v) is 9.44. The van der Waals surface area contributed by atoms with E-state index in [0.29, 0.717) is 0 Å². The number of carbonyl (C=O) groups excluding carboxylic acids is 1. The van der Waals surface area contributed by atoms with Crippen LogP contribution in [0, 0.1) is 0 Å². The van der Waals surface area contributed by atoms with Crippen molar-refractivity contribution in [3.05, 3.63) is 42.4 Å². The molecule has 0 bridgehead atoms. The van der Waals surface area contributed by atoms with Crippen LogP contribution in [0.2, 0.25) is 0 Å². The van der Waals surface area contributed by atoms with Gasteiger partial charge in [-0.25, -0.2) is 13.4 Å². The zero-order valence-electron chi connectivity index (χ0n) is 8.62. The van der Waals surface area contributed by atoms with E-state index in [-0.39, 0.29) is 15.7 Å². The van der Waals surface area contributed by atoms with Gasteiger partial charge in [-0.3, -0.25) is 4.79 Å². The summed E-state index contributed by atoms with van der Waals surface area (Å²) >= 11 is 0. The van der Waals surface area contributed by atoms with Gasteiger partial charge in [-0.15, -0.1) is 0 Å². The molecule has 7 heteroatoms. The first-order valence-electron chi connectivity index (χ1n) is 4.67. The molecule has 0 aliphatic rings. The minimum Gasteiger partial charge on any atom is -0.363 e. The first-order chi connectivity index (χ1) is 8.01. The third-order valence-electron chi connectivity index (χ3n) is 2.12. The van der Waals surface area contributed by atoms with Gasteiger partial charge in [0.05, 0.1) is 4.90 Å². The number of nitrogens with zero attached hydrogens (tertiary/aromatic N) is 1. The number of nitrogens with one attached hydrogen (secondary N) is 1. The van der Waals surface area contributed by atoms with Crippen molar-refractivity contribution in [3.8, 4) is 0 Å². The van der Waals surface area contributed by atoms with E-state index in [1.54, 1.807) is 18.2 Å². The molecule has 0 atom stereocenters. The summed E-state index contributed by atoms with van der Waals surface area (Å²) in [5.41, 5.74) is 4.98. The fourth-order valence-electron chi connectivity index (χ4n) is 1.29. The summed E-state index contributed by atoms with van der Waals surface area (Å²) in [4.78, 5) is 17.0. The molecule has 1 aromatic heterocycles. The average Bonchev–Trinajstić information content (AvgIpc) is 2.80. The number of primary amides is 1. The molecule has 2 aromatic rings. The van der Waals surface area contributed by atoms with E-state index >= 15 is 0 Å². The molecule has 17 heavy (non-hydrogen) atoms. The SMILES string of the molecule is NC(=O)c1nc(S(=O)(=O)c2ccccc2)c[nH]1. The first kappa shape index (κ1) is 11.3.